The molecule has 0 spiro atoms. The van der Waals surface area contributed by atoms with Gasteiger partial charge in [0.05, 0.1) is 0 Å². The molecule has 2 nitrogen and oxygen atoms in total. The second-order valence-corrected chi connectivity index (χ2v) is 4.94. The molecular formula is C14H14Cl2N2. The Morgan fingerprint density at radius 3 is 2.39 bits per heavy atom. The van der Waals surface area contributed by atoms with E-state index in [4.69, 9.17) is 28.9 Å². The van der Waals surface area contributed by atoms with Crippen LogP contribution in [0.15, 0.2) is 36.4 Å². The molecule has 0 aliphatic carbocycles. The van der Waals surface area contributed by atoms with E-state index in [2.05, 4.69) is 5.32 Å². The van der Waals surface area contributed by atoms with Crippen molar-refractivity contribution in [2.45, 2.75) is 13.5 Å². The highest BCUT2D eigenvalue weighted by Crippen LogP contribution is 2.25. The third-order valence-corrected chi connectivity index (χ3v) is 3.52. The van der Waals surface area contributed by atoms with Crippen LogP contribution >= 0.6 is 23.2 Å². The summed E-state index contributed by atoms with van der Waals surface area (Å²) in [5, 5.41) is 4.59. The smallest absolute Gasteiger partial charge is 0.0470 e. The van der Waals surface area contributed by atoms with Crippen LogP contribution in [0, 0.1) is 6.92 Å². The van der Waals surface area contributed by atoms with Crippen LogP contribution in [0.4, 0.5) is 11.4 Å². The fourth-order valence-corrected chi connectivity index (χ4v) is 2.17. The summed E-state index contributed by atoms with van der Waals surface area (Å²) in [6.07, 6.45) is 0. The molecule has 0 saturated heterocycles. The topological polar surface area (TPSA) is 38.0 Å². The SMILES string of the molecule is Cc1ccc(NCc2c(Cl)cccc2Cl)cc1N. The van der Waals surface area contributed by atoms with E-state index >= 15 is 0 Å². The van der Waals surface area contributed by atoms with E-state index in [1.165, 1.54) is 0 Å². The molecule has 0 aromatic heterocycles. The average Bonchev–Trinajstić information content (AvgIpc) is 2.33. The summed E-state index contributed by atoms with van der Waals surface area (Å²) in [5.74, 6) is 0. The van der Waals surface area contributed by atoms with Crippen molar-refractivity contribution >= 4 is 34.6 Å². The van der Waals surface area contributed by atoms with Crippen molar-refractivity contribution in [3.05, 3.63) is 57.6 Å². The molecular weight excluding hydrogens is 267 g/mol. The first-order valence-corrected chi connectivity index (χ1v) is 6.36. The highest BCUT2D eigenvalue weighted by atomic mass is 35.5. The molecule has 94 valence electrons. The predicted molar refractivity (Wildman–Crippen MR) is 79.4 cm³/mol. The lowest BCUT2D eigenvalue weighted by Crippen LogP contribution is -2.02. The fourth-order valence-electron chi connectivity index (χ4n) is 1.64. The van der Waals surface area contributed by atoms with E-state index < -0.39 is 0 Å². The first kappa shape index (κ1) is 13.1. The number of benzene rings is 2. The van der Waals surface area contributed by atoms with E-state index in [-0.39, 0.29) is 0 Å². The second kappa shape index (κ2) is 5.51. The lowest BCUT2D eigenvalue weighted by Gasteiger charge is -2.11. The molecule has 0 radical (unpaired) electrons. The van der Waals surface area contributed by atoms with Crippen LogP contribution in [-0.2, 0) is 6.54 Å². The van der Waals surface area contributed by atoms with E-state index in [0.717, 1.165) is 22.5 Å². The second-order valence-electron chi connectivity index (χ2n) is 4.13. The van der Waals surface area contributed by atoms with Crippen LogP contribution in [0.25, 0.3) is 0 Å². The molecule has 0 saturated carbocycles. The zero-order valence-electron chi connectivity index (χ0n) is 10.0. The molecule has 0 fully saturated rings. The van der Waals surface area contributed by atoms with Crippen LogP contribution in [0.1, 0.15) is 11.1 Å². The minimum atomic E-state index is 0.570. The van der Waals surface area contributed by atoms with E-state index in [1.807, 2.05) is 43.3 Å². The highest BCUT2D eigenvalue weighted by molar-refractivity contribution is 6.36. The summed E-state index contributed by atoms with van der Waals surface area (Å²) >= 11 is 12.2. The van der Waals surface area contributed by atoms with Gasteiger partial charge in [-0.05, 0) is 36.8 Å². The number of halogens is 2. The summed E-state index contributed by atoms with van der Waals surface area (Å²) in [5.41, 5.74) is 9.53. The standard InChI is InChI=1S/C14H14Cl2N2/c1-9-5-6-10(7-14(9)17)18-8-11-12(15)3-2-4-13(11)16/h2-7,18H,8,17H2,1H3. The minimum absolute atomic E-state index is 0.570. The Morgan fingerprint density at radius 2 is 1.78 bits per heavy atom. The van der Waals surface area contributed by atoms with Crippen LogP contribution in [0.3, 0.4) is 0 Å². The molecule has 4 heteroatoms. The van der Waals surface area contributed by atoms with Crippen LogP contribution in [0.2, 0.25) is 10.0 Å². The Morgan fingerprint density at radius 1 is 1.11 bits per heavy atom. The molecule has 18 heavy (non-hydrogen) atoms. The van der Waals surface area contributed by atoms with Gasteiger partial charge in [-0.1, -0.05) is 35.3 Å². The van der Waals surface area contributed by atoms with Crippen molar-refractivity contribution in [2.75, 3.05) is 11.1 Å². The van der Waals surface area contributed by atoms with Gasteiger partial charge in [-0.3, -0.25) is 0 Å². The average molecular weight is 281 g/mol. The maximum absolute atomic E-state index is 6.10. The molecule has 0 amide bonds. The van der Waals surface area contributed by atoms with Gasteiger partial charge in [-0.25, -0.2) is 0 Å². The fraction of sp³-hybridized carbons (Fsp3) is 0.143. The van der Waals surface area contributed by atoms with Gasteiger partial charge < -0.3 is 11.1 Å². The Labute approximate surface area is 117 Å². The third kappa shape index (κ3) is 2.89. The lowest BCUT2D eigenvalue weighted by molar-refractivity contribution is 1.15. The van der Waals surface area contributed by atoms with Gasteiger partial charge in [-0.15, -0.1) is 0 Å². The Balaban J connectivity index is 2.14. The van der Waals surface area contributed by atoms with Gasteiger partial charge in [-0.2, -0.15) is 0 Å². The molecule has 0 aliphatic heterocycles. The predicted octanol–water partition coefficient (Wildman–Crippen LogP) is 4.50. The number of hydrogen-bond acceptors (Lipinski definition) is 2. The zero-order valence-corrected chi connectivity index (χ0v) is 11.5. The van der Waals surface area contributed by atoms with E-state index in [0.29, 0.717) is 16.6 Å². The largest absolute Gasteiger partial charge is 0.398 e. The molecule has 0 heterocycles. The molecule has 0 bridgehead atoms. The van der Waals surface area contributed by atoms with Crippen molar-refractivity contribution in [3.63, 3.8) is 0 Å². The molecule has 0 unspecified atom stereocenters. The quantitative estimate of drug-likeness (QED) is 0.813. The molecule has 2 aromatic carbocycles. The number of nitrogen functional groups attached to an aromatic ring is 1. The zero-order chi connectivity index (χ0) is 13.1. The lowest BCUT2D eigenvalue weighted by atomic mass is 10.1. The van der Waals surface area contributed by atoms with Gasteiger partial charge in [0.15, 0.2) is 0 Å². The van der Waals surface area contributed by atoms with Gasteiger partial charge in [0.1, 0.15) is 0 Å². The van der Waals surface area contributed by atoms with Crippen molar-refractivity contribution in [2.24, 2.45) is 0 Å². The monoisotopic (exact) mass is 280 g/mol. The highest BCUT2D eigenvalue weighted by Gasteiger charge is 2.05. The summed E-state index contributed by atoms with van der Waals surface area (Å²) in [7, 11) is 0. The normalized spacial score (nSPS) is 10.4. The van der Waals surface area contributed by atoms with Crippen molar-refractivity contribution in [1.82, 2.24) is 0 Å². The first-order valence-electron chi connectivity index (χ1n) is 5.61. The Hall–Kier alpha value is -1.38. The summed E-state index contributed by atoms with van der Waals surface area (Å²) in [6, 6.07) is 11.3. The van der Waals surface area contributed by atoms with E-state index in [1.54, 1.807) is 0 Å². The first-order chi connectivity index (χ1) is 8.58. The molecule has 2 aromatic rings. The van der Waals surface area contributed by atoms with Gasteiger partial charge in [0.2, 0.25) is 0 Å². The number of nitrogens with two attached hydrogens (primary N) is 1. The van der Waals surface area contributed by atoms with Crippen molar-refractivity contribution in [3.8, 4) is 0 Å². The van der Waals surface area contributed by atoms with Gasteiger partial charge in [0.25, 0.3) is 0 Å². The number of hydrogen-bond donors (Lipinski definition) is 2. The number of anilines is 2. The van der Waals surface area contributed by atoms with E-state index in [9.17, 15) is 0 Å². The van der Waals surface area contributed by atoms with Crippen molar-refractivity contribution < 1.29 is 0 Å². The molecule has 3 N–H and O–H groups in total. The maximum Gasteiger partial charge on any atom is 0.0470 e. The van der Waals surface area contributed by atoms with Crippen molar-refractivity contribution in [1.29, 1.82) is 0 Å². The number of nitrogens with one attached hydrogen (secondary N) is 1. The summed E-state index contributed by atoms with van der Waals surface area (Å²) in [6.45, 7) is 2.55. The van der Waals surface area contributed by atoms with Gasteiger partial charge in [0, 0.05) is 33.5 Å². The molecule has 0 aliphatic rings. The summed E-state index contributed by atoms with van der Waals surface area (Å²) < 4.78 is 0. The van der Waals surface area contributed by atoms with Gasteiger partial charge >= 0.3 is 0 Å². The molecule has 0 atom stereocenters. The Bertz CT molecular complexity index is 547. The number of aryl methyl sites for hydroxylation is 1. The minimum Gasteiger partial charge on any atom is -0.398 e. The molecule has 2 rings (SSSR count). The summed E-state index contributed by atoms with van der Waals surface area (Å²) in [4.78, 5) is 0. The van der Waals surface area contributed by atoms with Crippen LogP contribution in [0.5, 0.6) is 0 Å². The van der Waals surface area contributed by atoms with Crippen LogP contribution in [-0.4, -0.2) is 0 Å². The maximum atomic E-state index is 6.10. The Kier molecular flexibility index (Phi) is 4.00. The van der Waals surface area contributed by atoms with Crippen LogP contribution < -0.4 is 11.1 Å². The number of rotatable bonds is 3. The third-order valence-electron chi connectivity index (χ3n) is 2.81.